The van der Waals surface area contributed by atoms with Gasteiger partial charge in [-0.3, -0.25) is 4.79 Å². The van der Waals surface area contributed by atoms with Crippen molar-refractivity contribution < 1.29 is 28.6 Å². The second kappa shape index (κ2) is 9.25. The molecule has 1 atom stereocenters. The second-order valence-electron chi connectivity index (χ2n) is 6.45. The number of carbonyl (C=O) groups is 2. The highest BCUT2D eigenvalue weighted by Crippen LogP contribution is 2.36. The Kier molecular flexibility index (Phi) is 7.03. The molecule has 0 aliphatic heterocycles. The first kappa shape index (κ1) is 21.3. The Morgan fingerprint density at radius 2 is 1.96 bits per heavy atom. The largest absolute Gasteiger partial charge is 0.493 e. The van der Waals surface area contributed by atoms with E-state index in [0.29, 0.717) is 35.3 Å². The standard InChI is InChI=1S/C20H25NO7/c1-5-6-7-14(19(23)24)21-16(22)10-13-11(2)12-8-9-15(26-3)18(27-4)17(12)28-20(13)25/h8-9,14H,5-7,10H2,1-4H3,(H,21,22)(H,23,24)/t14-/m1/s1. The van der Waals surface area contributed by atoms with Gasteiger partial charge in [-0.1, -0.05) is 19.8 Å². The van der Waals surface area contributed by atoms with Gasteiger partial charge in [0, 0.05) is 5.39 Å². The van der Waals surface area contributed by atoms with Crippen molar-refractivity contribution >= 4 is 22.8 Å². The van der Waals surface area contributed by atoms with Crippen molar-refractivity contribution in [2.24, 2.45) is 0 Å². The van der Waals surface area contributed by atoms with Crippen molar-refractivity contribution in [1.82, 2.24) is 5.32 Å². The number of carbonyl (C=O) groups excluding carboxylic acids is 1. The Balaban J connectivity index is 2.36. The summed E-state index contributed by atoms with van der Waals surface area (Å²) in [5, 5.41) is 12.3. The summed E-state index contributed by atoms with van der Waals surface area (Å²) in [4.78, 5) is 36.2. The molecule has 0 spiro atoms. The van der Waals surface area contributed by atoms with Gasteiger partial charge in [-0.2, -0.15) is 0 Å². The summed E-state index contributed by atoms with van der Waals surface area (Å²) in [6.07, 6.45) is 1.56. The van der Waals surface area contributed by atoms with Gasteiger partial charge >= 0.3 is 11.6 Å². The zero-order chi connectivity index (χ0) is 20.8. The minimum absolute atomic E-state index is 0.178. The first-order chi connectivity index (χ1) is 13.3. The highest BCUT2D eigenvalue weighted by atomic mass is 16.5. The number of hydrogen-bond donors (Lipinski definition) is 2. The molecule has 8 heteroatoms. The molecule has 1 amide bonds. The van der Waals surface area contributed by atoms with Gasteiger partial charge in [-0.05, 0) is 31.0 Å². The predicted molar refractivity (Wildman–Crippen MR) is 103 cm³/mol. The van der Waals surface area contributed by atoms with Crippen molar-refractivity contribution in [3.8, 4) is 11.5 Å². The molecule has 2 rings (SSSR count). The average Bonchev–Trinajstić information content (AvgIpc) is 2.67. The molecule has 2 aromatic rings. The van der Waals surface area contributed by atoms with E-state index >= 15 is 0 Å². The lowest BCUT2D eigenvalue weighted by Gasteiger charge is -2.15. The molecule has 0 fully saturated rings. The molecule has 0 saturated carbocycles. The van der Waals surface area contributed by atoms with Gasteiger partial charge < -0.3 is 24.3 Å². The highest BCUT2D eigenvalue weighted by Gasteiger charge is 2.23. The Bertz CT molecular complexity index is 932. The zero-order valence-electron chi connectivity index (χ0n) is 16.5. The van der Waals surface area contributed by atoms with E-state index in [2.05, 4.69) is 5.32 Å². The highest BCUT2D eigenvalue weighted by molar-refractivity contribution is 5.90. The number of methoxy groups -OCH3 is 2. The number of nitrogens with one attached hydrogen (secondary N) is 1. The number of amides is 1. The van der Waals surface area contributed by atoms with Crippen LogP contribution in [0.5, 0.6) is 11.5 Å². The Labute approximate surface area is 162 Å². The predicted octanol–water partition coefficient (Wildman–Crippen LogP) is 2.42. The molecule has 8 nitrogen and oxygen atoms in total. The fraction of sp³-hybridized carbons (Fsp3) is 0.450. The lowest BCUT2D eigenvalue weighted by Crippen LogP contribution is -2.42. The summed E-state index contributed by atoms with van der Waals surface area (Å²) in [6.45, 7) is 3.65. The van der Waals surface area contributed by atoms with Crippen molar-refractivity contribution in [3.63, 3.8) is 0 Å². The van der Waals surface area contributed by atoms with Crippen molar-refractivity contribution in [2.75, 3.05) is 14.2 Å². The van der Waals surface area contributed by atoms with E-state index in [0.717, 1.165) is 6.42 Å². The second-order valence-corrected chi connectivity index (χ2v) is 6.45. The number of benzene rings is 1. The van der Waals surface area contributed by atoms with Crippen LogP contribution in [0.3, 0.4) is 0 Å². The number of rotatable bonds is 9. The van der Waals surface area contributed by atoms with Crippen LogP contribution in [0.4, 0.5) is 0 Å². The monoisotopic (exact) mass is 391 g/mol. The van der Waals surface area contributed by atoms with Crippen LogP contribution >= 0.6 is 0 Å². The van der Waals surface area contributed by atoms with Gasteiger partial charge in [-0.15, -0.1) is 0 Å². The topological polar surface area (TPSA) is 115 Å². The average molecular weight is 391 g/mol. The molecular formula is C20H25NO7. The number of aliphatic carboxylic acids is 1. The van der Waals surface area contributed by atoms with Gasteiger partial charge in [0.1, 0.15) is 6.04 Å². The summed E-state index contributed by atoms with van der Waals surface area (Å²) in [5.74, 6) is -0.926. The summed E-state index contributed by atoms with van der Waals surface area (Å²) >= 11 is 0. The third-order valence-electron chi connectivity index (χ3n) is 4.61. The van der Waals surface area contributed by atoms with E-state index in [1.807, 2.05) is 6.92 Å². The Morgan fingerprint density at radius 1 is 1.25 bits per heavy atom. The van der Waals surface area contributed by atoms with E-state index < -0.39 is 23.5 Å². The van der Waals surface area contributed by atoms with Crippen molar-refractivity contribution in [2.45, 2.75) is 45.6 Å². The minimum Gasteiger partial charge on any atom is -0.493 e. The van der Waals surface area contributed by atoms with E-state index in [-0.39, 0.29) is 17.6 Å². The molecule has 0 saturated heterocycles. The van der Waals surface area contributed by atoms with E-state index in [9.17, 15) is 19.5 Å². The molecule has 28 heavy (non-hydrogen) atoms. The van der Waals surface area contributed by atoms with Crippen LogP contribution in [-0.4, -0.2) is 37.2 Å². The molecule has 1 heterocycles. The summed E-state index contributed by atoms with van der Waals surface area (Å²) in [7, 11) is 2.92. The van der Waals surface area contributed by atoms with Crippen LogP contribution in [0.25, 0.3) is 11.0 Å². The molecule has 1 aromatic heterocycles. The molecule has 0 bridgehead atoms. The van der Waals surface area contributed by atoms with Crippen molar-refractivity contribution in [1.29, 1.82) is 0 Å². The molecular weight excluding hydrogens is 366 g/mol. The molecule has 0 aliphatic carbocycles. The molecule has 0 unspecified atom stereocenters. The summed E-state index contributed by atoms with van der Waals surface area (Å²) in [5.41, 5.74) is 0.312. The normalized spacial score (nSPS) is 11.9. The number of carboxylic acids is 1. The fourth-order valence-corrected chi connectivity index (χ4v) is 3.04. The van der Waals surface area contributed by atoms with Crippen LogP contribution in [0.2, 0.25) is 0 Å². The maximum Gasteiger partial charge on any atom is 0.340 e. The van der Waals surface area contributed by atoms with Gasteiger partial charge in [0.05, 0.1) is 26.2 Å². The SMILES string of the molecule is CCCC[C@@H](NC(=O)Cc1c(C)c2ccc(OC)c(OC)c2oc1=O)C(=O)O. The van der Waals surface area contributed by atoms with E-state index in [1.54, 1.807) is 19.1 Å². The van der Waals surface area contributed by atoms with Crippen LogP contribution in [0, 0.1) is 6.92 Å². The number of aryl methyl sites for hydroxylation is 1. The molecule has 0 radical (unpaired) electrons. The lowest BCUT2D eigenvalue weighted by molar-refractivity contribution is -0.142. The lowest BCUT2D eigenvalue weighted by atomic mass is 10.0. The molecule has 1 aromatic carbocycles. The number of hydrogen-bond acceptors (Lipinski definition) is 6. The zero-order valence-corrected chi connectivity index (χ0v) is 16.5. The van der Waals surface area contributed by atoms with Gasteiger partial charge in [-0.25, -0.2) is 9.59 Å². The third-order valence-corrected chi connectivity index (χ3v) is 4.61. The maximum atomic E-state index is 12.5. The number of ether oxygens (including phenoxy) is 2. The Morgan fingerprint density at radius 3 is 2.54 bits per heavy atom. The summed E-state index contributed by atoms with van der Waals surface area (Å²) in [6, 6.07) is 2.42. The van der Waals surface area contributed by atoms with Gasteiger partial charge in [0.25, 0.3) is 0 Å². The fourth-order valence-electron chi connectivity index (χ4n) is 3.04. The van der Waals surface area contributed by atoms with Crippen molar-refractivity contribution in [3.05, 3.63) is 33.7 Å². The Hall–Kier alpha value is -3.03. The minimum atomic E-state index is -1.10. The quantitative estimate of drug-likeness (QED) is 0.631. The number of carboxylic acid groups (broad SMARTS) is 1. The van der Waals surface area contributed by atoms with E-state index in [1.165, 1.54) is 14.2 Å². The molecule has 152 valence electrons. The van der Waals surface area contributed by atoms with Crippen LogP contribution in [0.1, 0.15) is 37.3 Å². The summed E-state index contributed by atoms with van der Waals surface area (Å²) < 4.78 is 15.9. The van der Waals surface area contributed by atoms with Gasteiger partial charge in [0.2, 0.25) is 11.7 Å². The molecule has 0 aliphatic rings. The van der Waals surface area contributed by atoms with Crippen LogP contribution in [0.15, 0.2) is 21.3 Å². The number of fused-ring (bicyclic) bond motifs is 1. The van der Waals surface area contributed by atoms with Crippen LogP contribution in [-0.2, 0) is 16.0 Å². The van der Waals surface area contributed by atoms with Crippen LogP contribution < -0.4 is 20.4 Å². The van der Waals surface area contributed by atoms with E-state index in [4.69, 9.17) is 13.9 Å². The third kappa shape index (κ3) is 4.44. The maximum absolute atomic E-state index is 12.5. The van der Waals surface area contributed by atoms with Gasteiger partial charge in [0.15, 0.2) is 11.3 Å². The number of unbranched alkanes of at least 4 members (excludes halogenated alkanes) is 1. The first-order valence-electron chi connectivity index (χ1n) is 9.03. The molecule has 2 N–H and O–H groups in total. The smallest absolute Gasteiger partial charge is 0.340 e. The first-order valence-corrected chi connectivity index (χ1v) is 9.03.